The van der Waals surface area contributed by atoms with Crippen molar-refractivity contribution in [3.63, 3.8) is 0 Å². The van der Waals surface area contributed by atoms with Crippen LogP contribution in [0.25, 0.3) is 0 Å². The van der Waals surface area contributed by atoms with Gasteiger partial charge in [0, 0.05) is 23.4 Å². The molecule has 0 bridgehead atoms. The van der Waals surface area contributed by atoms with Crippen LogP contribution in [0, 0.1) is 17.2 Å². The van der Waals surface area contributed by atoms with Gasteiger partial charge >= 0.3 is 5.97 Å². The molecule has 1 saturated carbocycles. The van der Waals surface area contributed by atoms with Crippen molar-refractivity contribution in [2.75, 3.05) is 19.0 Å². The number of hydrogen-bond donors (Lipinski definition) is 3. The molecule has 2 aromatic carbocycles. The number of carboxylic acid groups (broad SMARTS) is 1. The minimum Gasteiger partial charge on any atom is -0.497 e. The Morgan fingerprint density at radius 2 is 1.91 bits per heavy atom. The standard InChI is InChI=1S/C27H31N3O5/c1-34-20-11-12-23-21(15-20)22(16-28)26(35-23)25(17-5-3-2-4-6-17)30-19-9-7-18(8-10-19)27(33)29-14-13-24(31)32/h7-12,15,17,22,25-26,30H,2-6,13-14H2,1H3,(H,29,33)(H,31,32). The number of nitriles is 1. The zero-order valence-electron chi connectivity index (χ0n) is 19.8. The maximum atomic E-state index is 12.3. The van der Waals surface area contributed by atoms with Crippen molar-refractivity contribution in [1.82, 2.24) is 5.32 Å². The summed E-state index contributed by atoms with van der Waals surface area (Å²) < 4.78 is 11.7. The fourth-order valence-electron chi connectivity index (χ4n) is 5.08. The van der Waals surface area contributed by atoms with Crippen LogP contribution in [0.1, 0.15) is 60.4 Å². The predicted molar refractivity (Wildman–Crippen MR) is 131 cm³/mol. The van der Waals surface area contributed by atoms with E-state index in [0.29, 0.717) is 17.2 Å². The van der Waals surface area contributed by atoms with Gasteiger partial charge in [-0.1, -0.05) is 19.3 Å². The van der Waals surface area contributed by atoms with Crippen LogP contribution in [-0.2, 0) is 4.79 Å². The first-order valence-electron chi connectivity index (χ1n) is 12.1. The third-order valence-electron chi connectivity index (χ3n) is 6.90. The Kier molecular flexibility index (Phi) is 7.76. The van der Waals surface area contributed by atoms with E-state index in [0.717, 1.165) is 42.7 Å². The van der Waals surface area contributed by atoms with Crippen molar-refractivity contribution < 1.29 is 24.2 Å². The highest BCUT2D eigenvalue weighted by atomic mass is 16.5. The SMILES string of the molecule is COc1ccc2c(c1)C(C#N)C(C(Nc1ccc(C(=O)NCCC(=O)O)cc1)C1CCCCC1)O2. The van der Waals surface area contributed by atoms with Crippen LogP contribution in [0.2, 0.25) is 0 Å². The number of amides is 1. The second-order valence-corrected chi connectivity index (χ2v) is 9.14. The highest BCUT2D eigenvalue weighted by molar-refractivity contribution is 5.94. The first-order chi connectivity index (χ1) is 17.0. The third kappa shape index (κ3) is 5.68. The van der Waals surface area contributed by atoms with Crippen molar-refractivity contribution >= 4 is 17.6 Å². The van der Waals surface area contributed by atoms with Gasteiger partial charge in [0.2, 0.25) is 0 Å². The zero-order chi connectivity index (χ0) is 24.8. The molecule has 2 aromatic rings. The molecule has 1 fully saturated rings. The molecule has 184 valence electrons. The number of hydrogen-bond acceptors (Lipinski definition) is 6. The van der Waals surface area contributed by atoms with Crippen LogP contribution >= 0.6 is 0 Å². The Labute approximate surface area is 205 Å². The van der Waals surface area contributed by atoms with Crippen LogP contribution in [-0.4, -0.2) is 42.8 Å². The maximum absolute atomic E-state index is 12.3. The average Bonchev–Trinajstić information content (AvgIpc) is 3.25. The molecule has 0 radical (unpaired) electrons. The van der Waals surface area contributed by atoms with E-state index in [1.807, 2.05) is 30.3 Å². The van der Waals surface area contributed by atoms with Gasteiger partial charge in [-0.05, 0) is 61.2 Å². The Morgan fingerprint density at radius 3 is 2.57 bits per heavy atom. The third-order valence-corrected chi connectivity index (χ3v) is 6.90. The van der Waals surface area contributed by atoms with Gasteiger partial charge in [-0.2, -0.15) is 5.26 Å². The summed E-state index contributed by atoms with van der Waals surface area (Å²) in [6, 6.07) is 15.1. The lowest BCUT2D eigenvalue weighted by atomic mass is 9.78. The van der Waals surface area contributed by atoms with E-state index in [1.54, 1.807) is 19.2 Å². The van der Waals surface area contributed by atoms with Crippen LogP contribution in [0.5, 0.6) is 11.5 Å². The molecule has 0 spiro atoms. The molecule has 2 aliphatic rings. The smallest absolute Gasteiger partial charge is 0.305 e. The van der Waals surface area contributed by atoms with Gasteiger partial charge in [-0.15, -0.1) is 0 Å². The normalized spacial score (nSPS) is 20.1. The number of fused-ring (bicyclic) bond motifs is 1. The summed E-state index contributed by atoms with van der Waals surface area (Å²) in [6.07, 6.45) is 5.21. The van der Waals surface area contributed by atoms with E-state index in [-0.39, 0.29) is 31.0 Å². The van der Waals surface area contributed by atoms with Crippen LogP contribution < -0.4 is 20.1 Å². The zero-order valence-corrected chi connectivity index (χ0v) is 19.8. The van der Waals surface area contributed by atoms with E-state index in [2.05, 4.69) is 16.7 Å². The molecular weight excluding hydrogens is 446 g/mol. The summed E-state index contributed by atoms with van der Waals surface area (Å²) >= 11 is 0. The molecule has 3 N–H and O–H groups in total. The van der Waals surface area contributed by atoms with E-state index >= 15 is 0 Å². The van der Waals surface area contributed by atoms with E-state index in [9.17, 15) is 14.9 Å². The minimum absolute atomic E-state index is 0.0754. The molecule has 4 rings (SSSR count). The van der Waals surface area contributed by atoms with Crippen molar-refractivity contribution in [1.29, 1.82) is 5.26 Å². The summed E-state index contributed by atoms with van der Waals surface area (Å²) in [7, 11) is 1.61. The lowest BCUT2D eigenvalue weighted by molar-refractivity contribution is -0.136. The Balaban J connectivity index is 1.52. The first-order valence-corrected chi connectivity index (χ1v) is 12.1. The number of carbonyl (C=O) groups excluding carboxylic acids is 1. The van der Waals surface area contributed by atoms with Crippen LogP contribution in [0.3, 0.4) is 0 Å². The number of methoxy groups -OCH3 is 1. The summed E-state index contributed by atoms with van der Waals surface area (Å²) in [5.74, 6) is 0.100. The molecule has 1 aliphatic carbocycles. The number of carboxylic acids is 1. The second kappa shape index (κ2) is 11.1. The fraction of sp³-hybridized carbons (Fsp3) is 0.444. The van der Waals surface area contributed by atoms with E-state index in [4.69, 9.17) is 14.6 Å². The number of carbonyl (C=O) groups is 2. The van der Waals surface area contributed by atoms with Crippen LogP contribution in [0.4, 0.5) is 5.69 Å². The van der Waals surface area contributed by atoms with Crippen LogP contribution in [0.15, 0.2) is 42.5 Å². The van der Waals surface area contributed by atoms with Crippen molar-refractivity contribution in [3.8, 4) is 17.6 Å². The predicted octanol–water partition coefficient (Wildman–Crippen LogP) is 4.33. The summed E-state index contributed by atoms with van der Waals surface area (Å²) in [6.45, 7) is 0.0812. The van der Waals surface area contributed by atoms with Crippen molar-refractivity contribution in [3.05, 3.63) is 53.6 Å². The molecule has 8 heteroatoms. The summed E-state index contributed by atoms with van der Waals surface area (Å²) in [5, 5.41) is 25.1. The largest absolute Gasteiger partial charge is 0.497 e. The van der Waals surface area contributed by atoms with Crippen molar-refractivity contribution in [2.45, 2.75) is 56.6 Å². The quantitative estimate of drug-likeness (QED) is 0.492. The lowest BCUT2D eigenvalue weighted by Crippen LogP contribution is -2.45. The van der Waals surface area contributed by atoms with Gasteiger partial charge in [0.1, 0.15) is 23.5 Å². The topological polar surface area (TPSA) is 121 Å². The molecule has 1 amide bonds. The molecular formula is C27H31N3O5. The molecule has 3 unspecified atom stereocenters. The highest BCUT2D eigenvalue weighted by Gasteiger charge is 2.43. The van der Waals surface area contributed by atoms with Gasteiger partial charge in [0.05, 0.1) is 25.6 Å². The molecule has 1 aliphatic heterocycles. The first kappa shape index (κ1) is 24.4. The number of rotatable bonds is 9. The van der Waals surface area contributed by atoms with Crippen molar-refractivity contribution in [2.24, 2.45) is 5.92 Å². The van der Waals surface area contributed by atoms with E-state index < -0.39 is 11.9 Å². The van der Waals surface area contributed by atoms with Gasteiger partial charge < -0.3 is 25.2 Å². The number of anilines is 1. The lowest BCUT2D eigenvalue weighted by Gasteiger charge is -2.36. The number of benzene rings is 2. The monoisotopic (exact) mass is 477 g/mol. The number of nitrogens with zero attached hydrogens (tertiary/aromatic N) is 1. The number of aliphatic carboxylic acids is 1. The molecule has 0 aromatic heterocycles. The highest BCUT2D eigenvalue weighted by Crippen LogP contribution is 2.44. The van der Waals surface area contributed by atoms with Gasteiger partial charge in [0.25, 0.3) is 5.91 Å². The maximum Gasteiger partial charge on any atom is 0.305 e. The molecule has 3 atom stereocenters. The second-order valence-electron chi connectivity index (χ2n) is 9.14. The minimum atomic E-state index is -0.955. The van der Waals surface area contributed by atoms with E-state index in [1.165, 1.54) is 6.42 Å². The summed E-state index contributed by atoms with van der Waals surface area (Å²) in [4.78, 5) is 22.9. The molecule has 1 heterocycles. The Morgan fingerprint density at radius 1 is 1.17 bits per heavy atom. The molecule has 8 nitrogen and oxygen atoms in total. The molecule has 0 saturated heterocycles. The van der Waals surface area contributed by atoms with Gasteiger partial charge in [-0.25, -0.2) is 0 Å². The summed E-state index contributed by atoms with van der Waals surface area (Å²) in [5.41, 5.74) is 2.16. The fourth-order valence-corrected chi connectivity index (χ4v) is 5.08. The van der Waals surface area contributed by atoms with Gasteiger partial charge in [-0.3, -0.25) is 9.59 Å². The Hall–Kier alpha value is -3.73. The Bertz CT molecular complexity index is 1090. The number of ether oxygens (including phenoxy) is 2. The average molecular weight is 478 g/mol. The molecule has 35 heavy (non-hydrogen) atoms. The van der Waals surface area contributed by atoms with Gasteiger partial charge in [0.15, 0.2) is 0 Å². The number of nitrogens with one attached hydrogen (secondary N) is 2.